The van der Waals surface area contributed by atoms with Gasteiger partial charge in [0, 0.05) is 17.6 Å². The lowest BCUT2D eigenvalue weighted by Gasteiger charge is -2.09. The van der Waals surface area contributed by atoms with Crippen LogP contribution in [0.15, 0.2) is 52.0 Å². The summed E-state index contributed by atoms with van der Waals surface area (Å²) in [6, 6.07) is 13.2. The first-order valence-electron chi connectivity index (χ1n) is 8.62. The van der Waals surface area contributed by atoms with Crippen LogP contribution in [-0.4, -0.2) is 5.84 Å². The molecule has 3 aromatic rings. The van der Waals surface area contributed by atoms with E-state index in [1.54, 1.807) is 6.07 Å². The van der Waals surface area contributed by atoms with Crippen LogP contribution in [0.25, 0.3) is 11.0 Å². The van der Waals surface area contributed by atoms with Crippen molar-refractivity contribution in [3.05, 3.63) is 65.2 Å². The predicted molar refractivity (Wildman–Crippen MR) is 99.9 cm³/mol. The molecule has 0 aliphatic carbocycles. The zero-order valence-electron chi connectivity index (χ0n) is 14.4. The average molecular weight is 353 g/mol. The maximum atomic E-state index is 14.0. The number of furan rings is 1. The number of hydrazone groups is 1. The predicted octanol–water partition coefficient (Wildman–Crippen LogP) is 3.41. The third-order valence-electron chi connectivity index (χ3n) is 4.29. The standard InChI is InChI=1S/C19H20FN5O/c1-2-3-13-5-6-15(10-16(13)20)21-11-12-4-7-17-14(8-12)9-18(26-17)19-22-24-25-23-19/h4-10,21,24-25H,2-3,11H2,1H3,(H,22,23). The number of nitrogens with zero attached hydrogens (tertiary/aromatic N) is 1. The molecule has 0 unspecified atom stereocenters. The minimum atomic E-state index is -0.154. The zero-order valence-corrected chi connectivity index (χ0v) is 14.4. The molecule has 6 nitrogen and oxygen atoms in total. The third-order valence-corrected chi connectivity index (χ3v) is 4.29. The summed E-state index contributed by atoms with van der Waals surface area (Å²) in [4.78, 5) is 0. The van der Waals surface area contributed by atoms with Crippen LogP contribution in [0.2, 0.25) is 0 Å². The van der Waals surface area contributed by atoms with Crippen LogP contribution in [0.4, 0.5) is 10.1 Å². The van der Waals surface area contributed by atoms with Crippen molar-refractivity contribution in [2.75, 3.05) is 5.32 Å². The molecule has 4 N–H and O–H groups in total. The molecule has 0 amide bonds. The van der Waals surface area contributed by atoms with Gasteiger partial charge in [0.05, 0.1) is 0 Å². The first kappa shape index (κ1) is 16.4. The molecule has 0 saturated carbocycles. The van der Waals surface area contributed by atoms with E-state index in [2.05, 4.69) is 26.9 Å². The monoisotopic (exact) mass is 353 g/mol. The van der Waals surface area contributed by atoms with Crippen LogP contribution in [0, 0.1) is 5.82 Å². The molecule has 4 rings (SSSR count). The van der Waals surface area contributed by atoms with E-state index < -0.39 is 0 Å². The van der Waals surface area contributed by atoms with Gasteiger partial charge in [-0.15, -0.1) is 10.6 Å². The number of anilines is 1. The fourth-order valence-electron chi connectivity index (χ4n) is 2.97. The molecule has 26 heavy (non-hydrogen) atoms. The first-order chi connectivity index (χ1) is 12.7. The zero-order chi connectivity index (χ0) is 17.9. The molecule has 1 aromatic heterocycles. The minimum Gasteiger partial charge on any atom is -0.453 e. The average Bonchev–Trinajstić information content (AvgIpc) is 3.31. The largest absolute Gasteiger partial charge is 0.453 e. The molecule has 0 bridgehead atoms. The van der Waals surface area contributed by atoms with Crippen molar-refractivity contribution in [1.29, 1.82) is 0 Å². The molecule has 1 aliphatic rings. The van der Waals surface area contributed by atoms with E-state index in [1.807, 2.05) is 43.3 Å². The first-order valence-corrected chi connectivity index (χ1v) is 8.62. The summed E-state index contributed by atoms with van der Waals surface area (Å²) in [6.07, 6.45) is 1.70. The number of nitrogens with one attached hydrogen (secondary N) is 4. The lowest BCUT2D eigenvalue weighted by molar-refractivity contribution is 0.570. The molecule has 2 aromatic carbocycles. The van der Waals surface area contributed by atoms with Crippen LogP contribution in [0.5, 0.6) is 0 Å². The van der Waals surface area contributed by atoms with Gasteiger partial charge in [0.25, 0.3) is 0 Å². The highest BCUT2D eigenvalue weighted by Crippen LogP contribution is 2.22. The van der Waals surface area contributed by atoms with E-state index in [0.717, 1.165) is 40.6 Å². The Morgan fingerprint density at radius 3 is 2.85 bits per heavy atom. The van der Waals surface area contributed by atoms with Gasteiger partial charge in [0.1, 0.15) is 11.4 Å². The Morgan fingerprint density at radius 2 is 2.08 bits per heavy atom. The van der Waals surface area contributed by atoms with Gasteiger partial charge in [0.15, 0.2) is 5.76 Å². The molecular weight excluding hydrogens is 333 g/mol. The van der Waals surface area contributed by atoms with Gasteiger partial charge >= 0.3 is 0 Å². The summed E-state index contributed by atoms with van der Waals surface area (Å²) < 4.78 is 19.8. The van der Waals surface area contributed by atoms with E-state index in [-0.39, 0.29) is 5.82 Å². The van der Waals surface area contributed by atoms with Gasteiger partial charge in [-0.05, 0) is 47.9 Å². The molecule has 2 heterocycles. The van der Waals surface area contributed by atoms with E-state index in [9.17, 15) is 4.39 Å². The van der Waals surface area contributed by atoms with E-state index in [4.69, 9.17) is 4.42 Å². The Labute approximate surface area is 150 Å². The van der Waals surface area contributed by atoms with Crippen molar-refractivity contribution in [3.8, 4) is 0 Å². The highest BCUT2D eigenvalue weighted by Gasteiger charge is 2.13. The quantitative estimate of drug-likeness (QED) is 0.547. The summed E-state index contributed by atoms with van der Waals surface area (Å²) in [5.41, 5.74) is 11.6. The second-order valence-corrected chi connectivity index (χ2v) is 6.21. The van der Waals surface area contributed by atoms with E-state index in [1.165, 1.54) is 0 Å². The van der Waals surface area contributed by atoms with Gasteiger partial charge in [-0.2, -0.15) is 0 Å². The summed E-state index contributed by atoms with van der Waals surface area (Å²) in [5, 5.41) is 8.29. The Hall–Kier alpha value is -3.06. The van der Waals surface area contributed by atoms with Crippen molar-refractivity contribution in [3.63, 3.8) is 0 Å². The number of aryl methyl sites for hydroxylation is 1. The topological polar surface area (TPSA) is 73.6 Å². The van der Waals surface area contributed by atoms with Gasteiger partial charge in [-0.25, -0.2) is 9.93 Å². The second kappa shape index (κ2) is 7.05. The fraction of sp³-hybridized carbons (Fsp3) is 0.211. The molecule has 1 aliphatic heterocycles. The van der Waals surface area contributed by atoms with E-state index in [0.29, 0.717) is 18.1 Å². The Balaban J connectivity index is 1.48. The molecule has 7 heteroatoms. The summed E-state index contributed by atoms with van der Waals surface area (Å²) in [6.45, 7) is 2.65. The van der Waals surface area contributed by atoms with Crippen molar-refractivity contribution >= 4 is 22.5 Å². The van der Waals surface area contributed by atoms with Crippen molar-refractivity contribution < 1.29 is 8.81 Å². The Bertz CT molecular complexity index is 966. The Morgan fingerprint density at radius 1 is 1.15 bits per heavy atom. The SMILES string of the molecule is CCCc1ccc(NCc2ccc3oc(C4=NNNN4)cc3c2)cc1F. The molecule has 0 spiro atoms. The van der Waals surface area contributed by atoms with Crippen molar-refractivity contribution in [2.24, 2.45) is 5.10 Å². The maximum Gasteiger partial charge on any atom is 0.206 e. The normalized spacial score (nSPS) is 13.4. The van der Waals surface area contributed by atoms with Crippen LogP contribution < -0.4 is 21.8 Å². The minimum absolute atomic E-state index is 0.154. The molecule has 0 saturated heterocycles. The van der Waals surface area contributed by atoms with Gasteiger partial charge in [0.2, 0.25) is 5.84 Å². The molecule has 0 fully saturated rings. The lowest BCUT2D eigenvalue weighted by Crippen LogP contribution is -2.35. The van der Waals surface area contributed by atoms with Gasteiger partial charge < -0.3 is 9.73 Å². The Kier molecular flexibility index (Phi) is 4.45. The molecule has 0 atom stereocenters. The number of halogens is 1. The number of fused-ring (bicyclic) bond motifs is 1. The maximum absolute atomic E-state index is 14.0. The number of hydrogen-bond donors (Lipinski definition) is 4. The fourth-order valence-corrected chi connectivity index (χ4v) is 2.97. The molecular formula is C19H20FN5O. The number of hydrogen-bond acceptors (Lipinski definition) is 6. The van der Waals surface area contributed by atoms with Gasteiger partial charge in [-0.3, -0.25) is 5.43 Å². The third kappa shape index (κ3) is 3.34. The summed E-state index contributed by atoms with van der Waals surface area (Å²) >= 11 is 0. The summed E-state index contributed by atoms with van der Waals surface area (Å²) in [7, 11) is 0. The smallest absolute Gasteiger partial charge is 0.206 e. The second-order valence-electron chi connectivity index (χ2n) is 6.21. The van der Waals surface area contributed by atoms with Crippen LogP contribution in [0.1, 0.15) is 30.2 Å². The number of amidine groups is 1. The van der Waals surface area contributed by atoms with Crippen molar-refractivity contribution in [1.82, 2.24) is 16.5 Å². The number of hydrazine groups is 2. The van der Waals surface area contributed by atoms with Crippen LogP contribution >= 0.6 is 0 Å². The molecule has 0 radical (unpaired) electrons. The highest BCUT2D eigenvalue weighted by atomic mass is 19.1. The van der Waals surface area contributed by atoms with Crippen LogP contribution in [0.3, 0.4) is 0 Å². The number of benzene rings is 2. The van der Waals surface area contributed by atoms with Crippen molar-refractivity contribution in [2.45, 2.75) is 26.3 Å². The van der Waals surface area contributed by atoms with Crippen LogP contribution in [-0.2, 0) is 13.0 Å². The highest BCUT2D eigenvalue weighted by molar-refractivity contribution is 6.00. The number of rotatable bonds is 6. The molecule has 134 valence electrons. The van der Waals surface area contributed by atoms with E-state index >= 15 is 0 Å². The summed E-state index contributed by atoms with van der Waals surface area (Å²) in [5.74, 6) is 1.10. The van der Waals surface area contributed by atoms with Gasteiger partial charge in [-0.1, -0.05) is 25.5 Å². The lowest BCUT2D eigenvalue weighted by atomic mass is 10.1.